The molecule has 0 saturated heterocycles. The smallest absolute Gasteiger partial charge is 0.305 e. The van der Waals surface area contributed by atoms with E-state index in [2.05, 4.69) is 15.4 Å². The number of rotatable bonds is 5. The molecule has 2 aromatic heterocycles. The van der Waals surface area contributed by atoms with Gasteiger partial charge in [0.25, 0.3) is 5.91 Å². The summed E-state index contributed by atoms with van der Waals surface area (Å²) in [7, 11) is 0. The normalized spacial score (nSPS) is 10.2. The maximum Gasteiger partial charge on any atom is 0.305 e. The fraction of sp³-hybridized carbons (Fsp3) is 0.167. The number of pyridine rings is 1. The molecule has 7 nitrogen and oxygen atoms in total. The number of carbonyl (C=O) groups is 2. The van der Waals surface area contributed by atoms with Gasteiger partial charge in [-0.05, 0) is 12.1 Å². The van der Waals surface area contributed by atoms with Crippen molar-refractivity contribution in [3.05, 3.63) is 41.3 Å². The Morgan fingerprint density at radius 1 is 1.35 bits per heavy atom. The molecule has 2 rings (SSSR count). The van der Waals surface area contributed by atoms with Crippen LogP contribution in [0.5, 0.6) is 0 Å². The summed E-state index contributed by atoms with van der Waals surface area (Å²) < 4.78 is 1.40. The molecule has 0 fully saturated rings. The topological polar surface area (TPSA) is 97.1 Å². The number of carboxylic acid groups (broad SMARTS) is 1. The second-order valence-corrected chi connectivity index (χ2v) is 4.39. The number of amides is 1. The van der Waals surface area contributed by atoms with Gasteiger partial charge in [-0.25, -0.2) is 4.98 Å². The lowest BCUT2D eigenvalue weighted by molar-refractivity contribution is -0.137. The summed E-state index contributed by atoms with van der Waals surface area (Å²) in [5, 5.41) is 15.5. The largest absolute Gasteiger partial charge is 0.481 e. The Balaban J connectivity index is 1.98. The molecule has 2 heterocycles. The first-order valence-electron chi connectivity index (χ1n) is 5.72. The summed E-state index contributed by atoms with van der Waals surface area (Å²) in [6.07, 6.45) is 4.22. The van der Waals surface area contributed by atoms with Crippen molar-refractivity contribution in [1.29, 1.82) is 0 Å². The summed E-state index contributed by atoms with van der Waals surface area (Å²) in [5.74, 6) is -0.920. The number of aliphatic carboxylic acids is 1. The van der Waals surface area contributed by atoms with Crippen molar-refractivity contribution in [3.63, 3.8) is 0 Å². The molecule has 1 amide bonds. The van der Waals surface area contributed by atoms with Crippen LogP contribution in [0.25, 0.3) is 0 Å². The number of aromatic nitrogens is 3. The van der Waals surface area contributed by atoms with Crippen LogP contribution in [0.2, 0.25) is 5.02 Å². The number of anilines is 1. The van der Waals surface area contributed by atoms with E-state index in [1.165, 1.54) is 23.3 Å². The third-order valence-corrected chi connectivity index (χ3v) is 2.64. The predicted molar refractivity (Wildman–Crippen MR) is 71.7 cm³/mol. The molecule has 0 radical (unpaired) electrons. The Hall–Kier alpha value is -2.41. The van der Waals surface area contributed by atoms with Crippen LogP contribution in [0, 0.1) is 0 Å². The minimum atomic E-state index is -0.920. The molecule has 0 unspecified atom stereocenters. The Labute approximate surface area is 119 Å². The maximum atomic E-state index is 11.9. The molecule has 0 spiro atoms. The first-order valence-corrected chi connectivity index (χ1v) is 6.09. The van der Waals surface area contributed by atoms with E-state index in [-0.39, 0.29) is 18.9 Å². The second-order valence-electron chi connectivity index (χ2n) is 3.95. The monoisotopic (exact) mass is 294 g/mol. The third-order valence-electron chi connectivity index (χ3n) is 2.42. The van der Waals surface area contributed by atoms with Gasteiger partial charge >= 0.3 is 5.97 Å². The number of hydrogen-bond acceptors (Lipinski definition) is 4. The van der Waals surface area contributed by atoms with Gasteiger partial charge in [-0.15, -0.1) is 0 Å². The van der Waals surface area contributed by atoms with E-state index in [0.717, 1.165) is 0 Å². The summed E-state index contributed by atoms with van der Waals surface area (Å²) in [5.41, 5.74) is 0.326. The molecule has 0 atom stereocenters. The average molecular weight is 295 g/mol. The molecule has 0 saturated carbocycles. The number of nitrogens with one attached hydrogen (secondary N) is 1. The van der Waals surface area contributed by atoms with Crippen LogP contribution in [0.15, 0.2) is 30.7 Å². The lowest BCUT2D eigenvalue weighted by Gasteiger charge is -2.02. The van der Waals surface area contributed by atoms with Crippen molar-refractivity contribution in [1.82, 2.24) is 14.8 Å². The van der Waals surface area contributed by atoms with Crippen LogP contribution in [0.1, 0.15) is 16.8 Å². The van der Waals surface area contributed by atoms with Crippen LogP contribution >= 0.6 is 11.6 Å². The molecular weight excluding hydrogens is 284 g/mol. The molecule has 0 bridgehead atoms. The molecular formula is C12H11ClN4O3. The van der Waals surface area contributed by atoms with E-state index >= 15 is 0 Å². The average Bonchev–Trinajstić information content (AvgIpc) is 2.88. The van der Waals surface area contributed by atoms with E-state index in [1.807, 2.05) is 0 Å². The number of hydrogen-bond donors (Lipinski definition) is 2. The van der Waals surface area contributed by atoms with Crippen molar-refractivity contribution in [2.75, 3.05) is 5.32 Å². The highest BCUT2D eigenvalue weighted by molar-refractivity contribution is 6.30. The second kappa shape index (κ2) is 6.16. The summed E-state index contributed by atoms with van der Waals surface area (Å²) in [6.45, 7) is 0.210. The van der Waals surface area contributed by atoms with E-state index in [1.54, 1.807) is 12.1 Å². The minimum absolute atomic E-state index is 0.0541. The molecule has 0 aliphatic carbocycles. The van der Waals surface area contributed by atoms with Crippen LogP contribution in [-0.4, -0.2) is 31.7 Å². The number of carboxylic acids is 1. The SMILES string of the molecule is O=C(O)CCn1cc(C(=O)Nc2ccc(Cl)cn2)cn1. The van der Waals surface area contributed by atoms with E-state index in [0.29, 0.717) is 16.4 Å². The van der Waals surface area contributed by atoms with Crippen molar-refractivity contribution in [2.45, 2.75) is 13.0 Å². The first kappa shape index (κ1) is 14.0. The first-order chi connectivity index (χ1) is 9.54. The Morgan fingerprint density at radius 3 is 2.80 bits per heavy atom. The molecule has 8 heteroatoms. The lowest BCUT2D eigenvalue weighted by Crippen LogP contribution is -2.12. The number of aryl methyl sites for hydroxylation is 1. The third kappa shape index (κ3) is 3.79. The lowest BCUT2D eigenvalue weighted by atomic mass is 10.3. The van der Waals surface area contributed by atoms with Crippen molar-refractivity contribution in [2.24, 2.45) is 0 Å². The van der Waals surface area contributed by atoms with Gasteiger partial charge in [0.05, 0.1) is 29.7 Å². The Bertz CT molecular complexity index is 624. The molecule has 104 valence electrons. The summed E-state index contributed by atoms with van der Waals surface area (Å²) >= 11 is 5.69. The molecule has 2 aromatic rings. The highest BCUT2D eigenvalue weighted by Gasteiger charge is 2.10. The molecule has 20 heavy (non-hydrogen) atoms. The zero-order valence-corrected chi connectivity index (χ0v) is 11.0. The van der Waals surface area contributed by atoms with E-state index in [9.17, 15) is 9.59 Å². The van der Waals surface area contributed by atoms with Crippen molar-refractivity contribution in [3.8, 4) is 0 Å². The van der Waals surface area contributed by atoms with E-state index < -0.39 is 5.97 Å². The van der Waals surface area contributed by atoms with Gasteiger partial charge in [-0.3, -0.25) is 14.3 Å². The van der Waals surface area contributed by atoms with Crippen molar-refractivity contribution >= 4 is 29.3 Å². The van der Waals surface area contributed by atoms with Crippen LogP contribution in [0.3, 0.4) is 0 Å². The van der Waals surface area contributed by atoms with Gasteiger partial charge in [-0.2, -0.15) is 5.10 Å². The van der Waals surface area contributed by atoms with Crippen LogP contribution < -0.4 is 5.32 Å². The number of nitrogens with zero attached hydrogens (tertiary/aromatic N) is 3. The van der Waals surface area contributed by atoms with Crippen molar-refractivity contribution < 1.29 is 14.7 Å². The molecule has 2 N–H and O–H groups in total. The predicted octanol–water partition coefficient (Wildman–Crippen LogP) is 1.66. The highest BCUT2D eigenvalue weighted by atomic mass is 35.5. The standard InChI is InChI=1S/C12H11ClN4O3/c13-9-1-2-10(14-6-9)16-12(20)8-5-15-17(7-8)4-3-11(18)19/h1-2,5-7H,3-4H2,(H,18,19)(H,14,16,20). The van der Waals surface area contributed by atoms with Crippen LogP contribution in [-0.2, 0) is 11.3 Å². The number of carbonyl (C=O) groups excluding carboxylic acids is 1. The van der Waals surface area contributed by atoms with Crippen LogP contribution in [0.4, 0.5) is 5.82 Å². The van der Waals surface area contributed by atoms with Gasteiger partial charge in [0, 0.05) is 12.4 Å². The van der Waals surface area contributed by atoms with Gasteiger partial charge in [0.15, 0.2) is 0 Å². The zero-order valence-electron chi connectivity index (χ0n) is 10.3. The minimum Gasteiger partial charge on any atom is -0.481 e. The Kier molecular flexibility index (Phi) is 4.31. The van der Waals surface area contributed by atoms with Gasteiger partial charge in [-0.1, -0.05) is 11.6 Å². The summed E-state index contributed by atoms with van der Waals surface area (Å²) in [6, 6.07) is 3.19. The van der Waals surface area contributed by atoms with Gasteiger partial charge < -0.3 is 10.4 Å². The van der Waals surface area contributed by atoms with Gasteiger partial charge in [0.1, 0.15) is 5.82 Å². The molecule has 0 aliphatic heterocycles. The quantitative estimate of drug-likeness (QED) is 0.874. The van der Waals surface area contributed by atoms with E-state index in [4.69, 9.17) is 16.7 Å². The van der Waals surface area contributed by atoms with Gasteiger partial charge in [0.2, 0.25) is 0 Å². The summed E-state index contributed by atoms with van der Waals surface area (Å²) in [4.78, 5) is 26.3. The fourth-order valence-electron chi connectivity index (χ4n) is 1.45. The molecule has 0 aliphatic rings. The maximum absolute atomic E-state index is 11.9. The molecule has 0 aromatic carbocycles. The zero-order chi connectivity index (χ0) is 14.5. The highest BCUT2D eigenvalue weighted by Crippen LogP contribution is 2.10. The fourth-order valence-corrected chi connectivity index (χ4v) is 1.56. The number of halogens is 1. The Morgan fingerprint density at radius 2 is 2.15 bits per heavy atom.